The topological polar surface area (TPSA) is 0 Å². The molecule has 0 aromatic heterocycles. The average molecular weight is 475 g/mol. The molecule has 4 aromatic rings. The van der Waals surface area contributed by atoms with Crippen LogP contribution in [0.1, 0.15) is 25.7 Å². The minimum atomic E-state index is 0. The fraction of sp³-hybridized carbons (Fsp3) is 0.208. The van der Waals surface area contributed by atoms with Crippen LogP contribution in [-0.4, -0.2) is 3.71 Å². The number of benzene rings is 2. The van der Waals surface area contributed by atoms with E-state index in [0.717, 1.165) is 5.92 Å². The molecule has 0 saturated heterocycles. The van der Waals surface area contributed by atoms with Gasteiger partial charge in [-0.15, -0.1) is 59.3 Å². The van der Waals surface area contributed by atoms with Crippen molar-refractivity contribution >= 4 is 25.3 Å². The summed E-state index contributed by atoms with van der Waals surface area (Å²) in [5.74, 6) is 1.01. The molecule has 0 atom stereocenters. The van der Waals surface area contributed by atoms with E-state index in [-0.39, 0.29) is 24.8 Å². The summed E-state index contributed by atoms with van der Waals surface area (Å²) >= 11 is 1.61. The second-order valence-electron chi connectivity index (χ2n) is 6.52. The molecule has 27 heavy (non-hydrogen) atoms. The van der Waals surface area contributed by atoms with Crippen LogP contribution in [-0.2, 0) is 24.2 Å². The normalized spacial score (nSPS) is 12.8. The average Bonchev–Trinajstić information content (AvgIpc) is 3.43. The Labute approximate surface area is 189 Å². The quantitative estimate of drug-likeness (QED) is 0.356. The number of hydrogen-bond donors (Lipinski definition) is 0. The van der Waals surface area contributed by atoms with E-state index in [1.54, 1.807) is 24.2 Å². The van der Waals surface area contributed by atoms with Crippen LogP contribution in [0.3, 0.4) is 0 Å². The van der Waals surface area contributed by atoms with E-state index in [4.69, 9.17) is 0 Å². The van der Waals surface area contributed by atoms with Gasteiger partial charge in [0.05, 0.1) is 0 Å². The van der Waals surface area contributed by atoms with E-state index in [1.165, 1.54) is 47.2 Å². The van der Waals surface area contributed by atoms with E-state index in [9.17, 15) is 0 Å². The summed E-state index contributed by atoms with van der Waals surface area (Å²) in [7, 11) is 0. The molecule has 0 spiro atoms. The van der Waals surface area contributed by atoms with Crippen LogP contribution in [0.5, 0.6) is 0 Å². The summed E-state index contributed by atoms with van der Waals surface area (Å²) in [5.41, 5.74) is 0. The van der Waals surface area contributed by atoms with Gasteiger partial charge in [-0.2, -0.15) is 35.0 Å². The molecule has 1 fully saturated rings. The standard InChI is InChI=1S/2C9H7.C6H10.2ClH.Zr/c2*1-2-5-9-7-3-6-8(9)4-1;1-6-4-2-3-5-6;;;/h2*1-7H;1,6H,2-5H2;2*1H;/q2*-1;;;;+2/p-2. The van der Waals surface area contributed by atoms with Gasteiger partial charge in [0.1, 0.15) is 0 Å². The SMILES string of the molecule is [Cl-].[Cl-].[Zr+2]=[CH]C1CCCC1.c1ccc2[cH-]ccc2c1.c1ccc2[cH-]ccc2c1. The first kappa shape index (κ1) is 24.0. The van der Waals surface area contributed by atoms with E-state index in [1.807, 2.05) is 0 Å². The van der Waals surface area contributed by atoms with Crippen molar-refractivity contribution in [2.24, 2.45) is 5.92 Å². The first-order chi connectivity index (χ1) is 12.4. The molecule has 0 heterocycles. The van der Waals surface area contributed by atoms with Crippen molar-refractivity contribution in [3.63, 3.8) is 0 Å². The largest absolute Gasteiger partial charge is 0.168 e. The van der Waals surface area contributed by atoms with Crippen molar-refractivity contribution in [3.8, 4) is 0 Å². The number of rotatable bonds is 1. The Kier molecular flexibility index (Phi) is 11.8. The molecule has 1 aliphatic carbocycles. The molecule has 1 saturated carbocycles. The second kappa shape index (κ2) is 13.2. The van der Waals surface area contributed by atoms with E-state index in [0.29, 0.717) is 0 Å². The van der Waals surface area contributed by atoms with Gasteiger partial charge >= 0.3 is 59.5 Å². The van der Waals surface area contributed by atoms with Crippen molar-refractivity contribution < 1.29 is 49.0 Å². The molecule has 0 unspecified atom stereocenters. The van der Waals surface area contributed by atoms with Crippen molar-refractivity contribution in [2.75, 3.05) is 0 Å². The van der Waals surface area contributed by atoms with E-state index < -0.39 is 0 Å². The molecular weight excluding hydrogens is 450 g/mol. The molecule has 0 bridgehead atoms. The first-order valence-corrected chi connectivity index (χ1v) is 10.5. The molecule has 4 aromatic carbocycles. The zero-order chi connectivity index (χ0) is 17.3. The van der Waals surface area contributed by atoms with Crippen molar-refractivity contribution in [1.29, 1.82) is 0 Å². The molecule has 140 valence electrons. The van der Waals surface area contributed by atoms with E-state index >= 15 is 0 Å². The first-order valence-electron chi connectivity index (χ1n) is 9.08. The van der Waals surface area contributed by atoms with Gasteiger partial charge in [-0.3, -0.25) is 0 Å². The third kappa shape index (κ3) is 7.49. The van der Waals surface area contributed by atoms with Gasteiger partial charge in [0, 0.05) is 0 Å². The second-order valence-corrected chi connectivity index (χ2v) is 7.34. The number of fused-ring (bicyclic) bond motifs is 2. The summed E-state index contributed by atoms with van der Waals surface area (Å²) in [6.07, 6.45) is 5.92. The zero-order valence-electron chi connectivity index (χ0n) is 15.3. The van der Waals surface area contributed by atoms with Crippen LogP contribution in [0.15, 0.2) is 84.9 Å². The minimum Gasteiger partial charge on any atom is -0.168 e. The molecular formula is C24H24Cl2Zr-2. The fourth-order valence-corrected chi connectivity index (χ4v) is 4.08. The summed E-state index contributed by atoms with van der Waals surface area (Å²) < 4.78 is 2.43. The van der Waals surface area contributed by atoms with Crippen LogP contribution in [0.25, 0.3) is 21.5 Å². The molecule has 0 radical (unpaired) electrons. The fourth-order valence-electron chi connectivity index (χ4n) is 3.26. The molecule has 3 heteroatoms. The summed E-state index contributed by atoms with van der Waals surface area (Å²) in [6, 6.07) is 29.3. The number of halogens is 2. The van der Waals surface area contributed by atoms with E-state index in [2.05, 4.69) is 88.6 Å². The maximum atomic E-state index is 2.43. The Balaban J connectivity index is 0.000000197. The Morgan fingerprint density at radius 2 is 1.15 bits per heavy atom. The van der Waals surface area contributed by atoms with Crippen LogP contribution >= 0.6 is 0 Å². The molecule has 5 rings (SSSR count). The zero-order valence-corrected chi connectivity index (χ0v) is 19.3. The maximum absolute atomic E-state index is 2.43. The summed E-state index contributed by atoms with van der Waals surface area (Å²) in [5, 5.41) is 5.32. The van der Waals surface area contributed by atoms with Crippen molar-refractivity contribution in [3.05, 3.63) is 84.9 Å². The predicted molar refractivity (Wildman–Crippen MR) is 107 cm³/mol. The summed E-state index contributed by atoms with van der Waals surface area (Å²) in [6.45, 7) is 0. The van der Waals surface area contributed by atoms with Gasteiger partial charge in [-0.25, -0.2) is 0 Å². The minimum absolute atomic E-state index is 0. The monoisotopic (exact) mass is 472 g/mol. The number of hydrogen-bond acceptors (Lipinski definition) is 0. The molecule has 0 nitrogen and oxygen atoms in total. The smallest absolute Gasteiger partial charge is 0.0809 e. The van der Waals surface area contributed by atoms with Crippen LogP contribution in [0.2, 0.25) is 0 Å². The predicted octanol–water partition coefficient (Wildman–Crippen LogP) is 0.651. The Bertz CT molecular complexity index is 774. The van der Waals surface area contributed by atoms with Crippen molar-refractivity contribution in [1.82, 2.24) is 0 Å². The third-order valence-corrected chi connectivity index (χ3v) is 5.89. The Hall–Kier alpha value is -1.01. The van der Waals surface area contributed by atoms with Gasteiger partial charge < -0.3 is 24.8 Å². The van der Waals surface area contributed by atoms with Gasteiger partial charge in [0.25, 0.3) is 0 Å². The van der Waals surface area contributed by atoms with Crippen molar-refractivity contribution in [2.45, 2.75) is 25.7 Å². The third-order valence-electron chi connectivity index (χ3n) is 4.73. The molecule has 0 amide bonds. The van der Waals surface area contributed by atoms with Gasteiger partial charge in [-0.05, 0) is 0 Å². The van der Waals surface area contributed by atoms with Gasteiger partial charge in [0.2, 0.25) is 0 Å². The molecule has 0 N–H and O–H groups in total. The molecule has 0 aliphatic heterocycles. The van der Waals surface area contributed by atoms with Crippen LogP contribution in [0.4, 0.5) is 0 Å². The van der Waals surface area contributed by atoms with Gasteiger partial charge in [-0.1, -0.05) is 12.1 Å². The Morgan fingerprint density at radius 1 is 0.704 bits per heavy atom. The summed E-state index contributed by atoms with van der Waals surface area (Å²) in [4.78, 5) is 0. The van der Waals surface area contributed by atoms with Gasteiger partial charge in [0.15, 0.2) is 0 Å². The molecule has 1 aliphatic rings. The Morgan fingerprint density at radius 3 is 1.52 bits per heavy atom. The maximum Gasteiger partial charge on any atom is -0.0809 e. The van der Waals surface area contributed by atoms with Crippen LogP contribution in [0, 0.1) is 5.92 Å². The van der Waals surface area contributed by atoms with Crippen LogP contribution < -0.4 is 24.8 Å².